The zero-order valence-corrected chi connectivity index (χ0v) is 23.1. The van der Waals surface area contributed by atoms with E-state index in [1.54, 1.807) is 24.3 Å². The molecule has 0 saturated carbocycles. The third-order valence-corrected chi connectivity index (χ3v) is 16.9. The van der Waals surface area contributed by atoms with Crippen LogP contribution in [-0.4, -0.2) is 35.4 Å². The van der Waals surface area contributed by atoms with Gasteiger partial charge in [-0.05, 0) is 112 Å². The first-order chi connectivity index (χ1) is 14.4. The smallest absolute Gasteiger partial charge is 0.311 e. The summed E-state index contributed by atoms with van der Waals surface area (Å²) in [4.78, 5) is 0. The normalized spacial score (nSPS) is 12.8. The van der Waals surface area contributed by atoms with Gasteiger partial charge in [-0.3, -0.25) is 0 Å². The Bertz CT molecular complexity index is 735. The number of phenols is 2. The predicted molar refractivity (Wildman–Crippen MR) is 137 cm³/mol. The zero-order chi connectivity index (χ0) is 23.1. The summed E-state index contributed by atoms with van der Waals surface area (Å²) < 4.78 is 13.4. The molecule has 0 aliphatic carbocycles. The molecule has 2 aromatic rings. The van der Waals surface area contributed by atoms with E-state index in [9.17, 15) is 10.2 Å². The lowest BCUT2D eigenvalue weighted by molar-refractivity contribution is 0.387. The second-order valence-corrected chi connectivity index (χ2v) is 22.6. The van der Waals surface area contributed by atoms with E-state index in [4.69, 9.17) is 8.23 Å². The molecule has 4 nitrogen and oxygen atoms in total. The van der Waals surface area contributed by atoms with Gasteiger partial charge in [-0.1, -0.05) is 24.3 Å². The number of hydrogen-bond acceptors (Lipinski definition) is 4. The molecule has 2 rings (SSSR count). The van der Waals surface area contributed by atoms with Crippen LogP contribution in [0.4, 0.5) is 0 Å². The highest BCUT2D eigenvalue weighted by atomic mass is 28.5. The highest BCUT2D eigenvalue weighted by Crippen LogP contribution is 2.27. The predicted octanol–water partition coefficient (Wildman–Crippen LogP) is 6.81. The van der Waals surface area contributed by atoms with Crippen molar-refractivity contribution in [2.24, 2.45) is 0 Å². The van der Waals surface area contributed by atoms with Gasteiger partial charge in [0.1, 0.15) is 11.5 Å². The lowest BCUT2D eigenvalue weighted by Crippen LogP contribution is -2.52. The number of benzene rings is 2. The van der Waals surface area contributed by atoms with Crippen LogP contribution in [0.2, 0.25) is 51.4 Å². The lowest BCUT2D eigenvalue weighted by Gasteiger charge is -2.39. The standard InChI is InChI=1S/C24H40O4Si3/c1-29(2,19-7-9-21-11-15-23(25)16-12-21)27-31(5,6)28-30(3,4)20-8-10-22-13-17-24(26)18-14-22/h11-18,25-26H,7-10,19-20H2,1-6H3. The molecule has 0 atom stereocenters. The maximum absolute atomic E-state index is 9.43. The number of rotatable bonds is 12. The van der Waals surface area contributed by atoms with Crippen LogP contribution in [0.25, 0.3) is 0 Å². The third kappa shape index (κ3) is 10.2. The quantitative estimate of drug-likeness (QED) is 0.330. The summed E-state index contributed by atoms with van der Waals surface area (Å²) in [5, 5.41) is 18.9. The van der Waals surface area contributed by atoms with Crippen LogP contribution < -0.4 is 0 Å². The van der Waals surface area contributed by atoms with E-state index in [2.05, 4.69) is 39.3 Å². The minimum absolute atomic E-state index is 0.321. The van der Waals surface area contributed by atoms with Gasteiger partial charge in [0.2, 0.25) is 0 Å². The van der Waals surface area contributed by atoms with E-state index in [0.717, 1.165) is 37.8 Å². The molecule has 2 N–H and O–H groups in total. The van der Waals surface area contributed by atoms with Crippen molar-refractivity contribution < 1.29 is 18.4 Å². The summed E-state index contributed by atoms with van der Waals surface area (Å²) in [6, 6.07) is 17.2. The Balaban J connectivity index is 1.78. The summed E-state index contributed by atoms with van der Waals surface area (Å²) in [5.74, 6) is 0.642. The second-order valence-electron chi connectivity index (χ2n) is 10.2. The Morgan fingerprint density at radius 1 is 0.581 bits per heavy atom. The Morgan fingerprint density at radius 2 is 0.903 bits per heavy atom. The highest BCUT2D eigenvalue weighted by molar-refractivity contribution is 6.87. The molecule has 0 aliphatic rings. The summed E-state index contributed by atoms with van der Waals surface area (Å²) in [7, 11) is -5.80. The van der Waals surface area contributed by atoms with Crippen molar-refractivity contribution in [1.82, 2.24) is 0 Å². The van der Waals surface area contributed by atoms with Crippen molar-refractivity contribution in [3.05, 3.63) is 59.7 Å². The van der Waals surface area contributed by atoms with Gasteiger partial charge in [-0.25, -0.2) is 0 Å². The molecule has 0 fully saturated rings. The molecule has 0 amide bonds. The molecule has 0 bridgehead atoms. The molecular formula is C24H40O4Si3. The van der Waals surface area contributed by atoms with E-state index >= 15 is 0 Å². The Kier molecular flexibility index (Phi) is 9.15. The first-order valence-electron chi connectivity index (χ1n) is 11.3. The fourth-order valence-electron chi connectivity index (χ4n) is 4.22. The molecular weight excluding hydrogens is 437 g/mol. The maximum atomic E-state index is 9.43. The molecule has 0 radical (unpaired) electrons. The number of hydrogen-bond donors (Lipinski definition) is 2. The molecule has 0 aromatic heterocycles. The van der Waals surface area contributed by atoms with Crippen LogP contribution in [0.5, 0.6) is 11.5 Å². The van der Waals surface area contributed by atoms with Crippen LogP contribution >= 0.6 is 0 Å². The van der Waals surface area contributed by atoms with Gasteiger partial charge < -0.3 is 18.4 Å². The molecule has 2 aromatic carbocycles. The monoisotopic (exact) mass is 476 g/mol. The fraction of sp³-hybridized carbons (Fsp3) is 0.500. The molecule has 31 heavy (non-hydrogen) atoms. The van der Waals surface area contributed by atoms with Crippen LogP contribution in [0.1, 0.15) is 24.0 Å². The molecule has 172 valence electrons. The largest absolute Gasteiger partial charge is 0.508 e. The number of phenolic OH excluding ortho intramolecular Hbond substituents is 2. The van der Waals surface area contributed by atoms with E-state index in [0.29, 0.717) is 11.5 Å². The second kappa shape index (κ2) is 11.0. The van der Waals surface area contributed by atoms with Gasteiger partial charge in [-0.15, -0.1) is 0 Å². The zero-order valence-electron chi connectivity index (χ0n) is 20.1. The fourth-order valence-corrected chi connectivity index (χ4v) is 18.3. The SMILES string of the molecule is C[Si](C)(CCCc1ccc(O)cc1)O[Si](C)(C)O[Si](C)(C)CCCc1ccc(O)cc1. The van der Waals surface area contributed by atoms with Gasteiger partial charge in [0.15, 0.2) is 16.6 Å². The highest BCUT2D eigenvalue weighted by Gasteiger charge is 2.39. The van der Waals surface area contributed by atoms with E-state index < -0.39 is 25.2 Å². The topological polar surface area (TPSA) is 58.9 Å². The Hall–Kier alpha value is -1.39. The molecule has 0 spiro atoms. The van der Waals surface area contributed by atoms with Crippen molar-refractivity contribution in [1.29, 1.82) is 0 Å². The van der Waals surface area contributed by atoms with Crippen molar-refractivity contribution in [2.45, 2.75) is 77.1 Å². The van der Waals surface area contributed by atoms with Crippen molar-refractivity contribution >= 4 is 25.2 Å². The molecule has 0 heterocycles. The minimum atomic E-state index is -2.19. The molecule has 0 aliphatic heterocycles. The molecule has 0 saturated heterocycles. The summed E-state index contributed by atoms with van der Waals surface area (Å²) >= 11 is 0. The van der Waals surface area contributed by atoms with Gasteiger partial charge >= 0.3 is 8.56 Å². The molecule has 7 heteroatoms. The van der Waals surface area contributed by atoms with Crippen molar-refractivity contribution in [3.63, 3.8) is 0 Å². The summed E-state index contributed by atoms with van der Waals surface area (Å²) in [6.07, 6.45) is 4.23. The van der Waals surface area contributed by atoms with Crippen molar-refractivity contribution in [3.8, 4) is 11.5 Å². The van der Waals surface area contributed by atoms with E-state index in [1.807, 2.05) is 24.3 Å². The van der Waals surface area contributed by atoms with Crippen LogP contribution in [0.3, 0.4) is 0 Å². The van der Waals surface area contributed by atoms with E-state index in [1.165, 1.54) is 11.1 Å². The van der Waals surface area contributed by atoms with E-state index in [-0.39, 0.29) is 0 Å². The average Bonchev–Trinajstić information content (AvgIpc) is 2.63. The summed E-state index contributed by atoms with van der Waals surface area (Å²) in [6.45, 7) is 13.6. The lowest BCUT2D eigenvalue weighted by atomic mass is 10.1. The van der Waals surface area contributed by atoms with Gasteiger partial charge in [0.05, 0.1) is 0 Å². The van der Waals surface area contributed by atoms with Crippen LogP contribution in [0.15, 0.2) is 48.5 Å². The Labute approximate surface area is 191 Å². The number of aryl methyl sites for hydroxylation is 2. The van der Waals surface area contributed by atoms with Crippen LogP contribution in [0, 0.1) is 0 Å². The van der Waals surface area contributed by atoms with Crippen molar-refractivity contribution in [2.75, 3.05) is 0 Å². The summed E-state index contributed by atoms with van der Waals surface area (Å²) in [5.41, 5.74) is 2.52. The van der Waals surface area contributed by atoms with Gasteiger partial charge in [0.25, 0.3) is 0 Å². The third-order valence-electron chi connectivity index (χ3n) is 5.41. The number of aromatic hydroxyl groups is 2. The van der Waals surface area contributed by atoms with Gasteiger partial charge in [0, 0.05) is 0 Å². The molecule has 0 unspecified atom stereocenters. The van der Waals surface area contributed by atoms with Gasteiger partial charge in [-0.2, -0.15) is 0 Å². The average molecular weight is 477 g/mol. The first kappa shape index (κ1) is 25.9. The maximum Gasteiger partial charge on any atom is 0.311 e. The van der Waals surface area contributed by atoms with Crippen LogP contribution in [-0.2, 0) is 21.1 Å². The first-order valence-corrected chi connectivity index (χ1v) is 20.4. The minimum Gasteiger partial charge on any atom is -0.508 e. The Morgan fingerprint density at radius 3 is 1.23 bits per heavy atom.